The van der Waals surface area contributed by atoms with Crippen LogP contribution in [0, 0.1) is 11.8 Å². The third-order valence-electron chi connectivity index (χ3n) is 5.39. The van der Waals surface area contributed by atoms with E-state index in [0.717, 1.165) is 71.0 Å². The minimum absolute atomic E-state index is 0.144. The molecule has 0 aliphatic carbocycles. The summed E-state index contributed by atoms with van der Waals surface area (Å²) in [4.78, 5) is 14.4. The summed E-state index contributed by atoms with van der Waals surface area (Å²) < 4.78 is 0. The van der Waals surface area contributed by atoms with Crippen molar-refractivity contribution in [3.05, 3.63) is 11.6 Å². The zero-order valence-electron chi connectivity index (χ0n) is 13.6. The Morgan fingerprint density at radius 1 is 1.27 bits per heavy atom. The van der Waals surface area contributed by atoms with Gasteiger partial charge in [0.2, 0.25) is 0 Å². The van der Waals surface area contributed by atoms with Crippen LogP contribution in [0.15, 0.2) is 11.6 Å². The second-order valence-electron chi connectivity index (χ2n) is 6.90. The van der Waals surface area contributed by atoms with E-state index in [9.17, 15) is 4.79 Å². The van der Waals surface area contributed by atoms with Crippen molar-refractivity contribution in [3.8, 4) is 0 Å². The second-order valence-corrected chi connectivity index (χ2v) is 6.90. The smallest absolute Gasteiger partial charge is 0.317 e. The SMILES string of the molecule is O=C(NCCC1=CCNCC1)N1CCCC(C2CCNC2)C1. The van der Waals surface area contributed by atoms with Crippen LogP contribution in [0.2, 0.25) is 0 Å². The van der Waals surface area contributed by atoms with Gasteiger partial charge in [0.1, 0.15) is 0 Å². The first-order chi connectivity index (χ1) is 10.8. The number of amides is 2. The van der Waals surface area contributed by atoms with Crippen LogP contribution in [0.1, 0.15) is 32.1 Å². The van der Waals surface area contributed by atoms with Crippen LogP contribution in [0.5, 0.6) is 0 Å². The van der Waals surface area contributed by atoms with Crippen LogP contribution in [0.3, 0.4) is 0 Å². The van der Waals surface area contributed by atoms with Crippen molar-refractivity contribution in [1.82, 2.24) is 20.9 Å². The molecule has 2 unspecified atom stereocenters. The molecule has 3 aliphatic rings. The summed E-state index contributed by atoms with van der Waals surface area (Å²) in [5, 5.41) is 9.89. The fourth-order valence-electron chi connectivity index (χ4n) is 4.00. The molecular formula is C17H30N4O. The molecular weight excluding hydrogens is 276 g/mol. The molecule has 124 valence electrons. The number of likely N-dealkylation sites (tertiary alicyclic amines) is 1. The summed E-state index contributed by atoms with van der Waals surface area (Å²) in [6.07, 6.45) is 8.11. The molecule has 0 spiro atoms. The Kier molecular flexibility index (Phi) is 5.73. The highest BCUT2D eigenvalue weighted by atomic mass is 16.2. The predicted octanol–water partition coefficient (Wildman–Crippen LogP) is 1.33. The summed E-state index contributed by atoms with van der Waals surface area (Å²) >= 11 is 0. The minimum atomic E-state index is 0.144. The molecule has 0 aromatic heterocycles. The van der Waals surface area contributed by atoms with Gasteiger partial charge >= 0.3 is 6.03 Å². The average molecular weight is 306 g/mol. The maximum Gasteiger partial charge on any atom is 0.317 e. The van der Waals surface area contributed by atoms with E-state index in [4.69, 9.17) is 0 Å². The van der Waals surface area contributed by atoms with Crippen molar-refractivity contribution in [2.24, 2.45) is 11.8 Å². The number of rotatable bonds is 4. The molecule has 2 amide bonds. The third-order valence-corrected chi connectivity index (χ3v) is 5.39. The van der Waals surface area contributed by atoms with Crippen molar-refractivity contribution >= 4 is 6.03 Å². The van der Waals surface area contributed by atoms with Crippen LogP contribution >= 0.6 is 0 Å². The molecule has 0 bridgehead atoms. The first kappa shape index (κ1) is 15.8. The molecule has 2 saturated heterocycles. The Bertz CT molecular complexity index is 403. The summed E-state index contributed by atoms with van der Waals surface area (Å²) in [7, 11) is 0. The Morgan fingerprint density at radius 2 is 2.23 bits per heavy atom. The minimum Gasteiger partial charge on any atom is -0.338 e. The van der Waals surface area contributed by atoms with E-state index in [1.165, 1.54) is 18.4 Å². The Morgan fingerprint density at radius 3 is 3.00 bits per heavy atom. The first-order valence-electron chi connectivity index (χ1n) is 8.95. The quantitative estimate of drug-likeness (QED) is 0.687. The van der Waals surface area contributed by atoms with Gasteiger partial charge in [-0.25, -0.2) is 4.79 Å². The largest absolute Gasteiger partial charge is 0.338 e. The van der Waals surface area contributed by atoms with Gasteiger partial charge in [-0.3, -0.25) is 0 Å². The fourth-order valence-corrected chi connectivity index (χ4v) is 4.00. The Labute approximate surface area is 133 Å². The zero-order chi connectivity index (χ0) is 15.2. The van der Waals surface area contributed by atoms with E-state index in [1.807, 2.05) is 4.90 Å². The van der Waals surface area contributed by atoms with Gasteiger partial charge in [0.05, 0.1) is 0 Å². The number of urea groups is 1. The molecule has 3 N–H and O–H groups in total. The topological polar surface area (TPSA) is 56.4 Å². The number of hydrogen-bond acceptors (Lipinski definition) is 3. The molecule has 5 nitrogen and oxygen atoms in total. The molecule has 0 aromatic carbocycles. The Balaban J connectivity index is 1.40. The highest BCUT2D eigenvalue weighted by molar-refractivity contribution is 5.74. The summed E-state index contributed by atoms with van der Waals surface area (Å²) in [5.41, 5.74) is 1.48. The van der Waals surface area contributed by atoms with Gasteiger partial charge in [-0.15, -0.1) is 0 Å². The molecule has 0 saturated carbocycles. The van der Waals surface area contributed by atoms with E-state index in [1.54, 1.807) is 0 Å². The summed E-state index contributed by atoms with van der Waals surface area (Å²) in [6.45, 7) is 6.99. The van der Waals surface area contributed by atoms with Crippen LogP contribution in [0.25, 0.3) is 0 Å². The molecule has 3 aliphatic heterocycles. The summed E-state index contributed by atoms with van der Waals surface area (Å²) in [6, 6.07) is 0.144. The number of nitrogens with one attached hydrogen (secondary N) is 3. The summed E-state index contributed by atoms with van der Waals surface area (Å²) in [5.74, 6) is 1.47. The van der Waals surface area contributed by atoms with Gasteiger partial charge in [0, 0.05) is 26.2 Å². The lowest BCUT2D eigenvalue weighted by molar-refractivity contribution is 0.145. The predicted molar refractivity (Wildman–Crippen MR) is 88.9 cm³/mol. The first-order valence-corrected chi connectivity index (χ1v) is 8.95. The van der Waals surface area contributed by atoms with E-state index < -0.39 is 0 Å². The molecule has 3 rings (SSSR count). The number of carbonyl (C=O) groups is 1. The number of hydrogen-bond donors (Lipinski definition) is 3. The highest BCUT2D eigenvalue weighted by Gasteiger charge is 2.30. The van der Waals surface area contributed by atoms with Gasteiger partial charge in [-0.1, -0.05) is 11.6 Å². The van der Waals surface area contributed by atoms with Gasteiger partial charge in [-0.05, 0) is 63.6 Å². The molecule has 0 aromatic rings. The van der Waals surface area contributed by atoms with E-state index >= 15 is 0 Å². The van der Waals surface area contributed by atoms with E-state index in [-0.39, 0.29) is 6.03 Å². The standard InChI is InChI=1S/C17H30N4O/c22-17(20-10-5-14-3-7-18-8-4-14)21-11-1-2-16(13-21)15-6-9-19-12-15/h3,15-16,18-19H,1-2,4-13H2,(H,20,22). The molecule has 5 heteroatoms. The fraction of sp³-hybridized carbons (Fsp3) is 0.824. The normalized spacial score (nSPS) is 29.3. The second kappa shape index (κ2) is 7.97. The van der Waals surface area contributed by atoms with Crippen molar-refractivity contribution < 1.29 is 4.79 Å². The maximum absolute atomic E-state index is 12.4. The lowest BCUT2D eigenvalue weighted by atomic mass is 9.85. The highest BCUT2D eigenvalue weighted by Crippen LogP contribution is 2.27. The lowest BCUT2D eigenvalue weighted by Gasteiger charge is -2.35. The van der Waals surface area contributed by atoms with E-state index in [2.05, 4.69) is 22.0 Å². The molecule has 2 fully saturated rings. The number of piperidine rings is 1. The molecule has 3 heterocycles. The monoisotopic (exact) mass is 306 g/mol. The van der Waals surface area contributed by atoms with Crippen LogP contribution in [0.4, 0.5) is 4.79 Å². The van der Waals surface area contributed by atoms with E-state index in [0.29, 0.717) is 5.92 Å². The van der Waals surface area contributed by atoms with Crippen LogP contribution in [-0.2, 0) is 0 Å². The maximum atomic E-state index is 12.4. The van der Waals surface area contributed by atoms with Crippen LogP contribution < -0.4 is 16.0 Å². The van der Waals surface area contributed by atoms with Crippen molar-refractivity contribution in [1.29, 1.82) is 0 Å². The van der Waals surface area contributed by atoms with Crippen molar-refractivity contribution in [2.75, 3.05) is 45.8 Å². The lowest BCUT2D eigenvalue weighted by Crippen LogP contribution is -2.47. The molecule has 2 atom stereocenters. The zero-order valence-corrected chi connectivity index (χ0v) is 13.6. The average Bonchev–Trinajstić information content (AvgIpc) is 3.10. The van der Waals surface area contributed by atoms with Crippen LogP contribution in [-0.4, -0.2) is 56.7 Å². The van der Waals surface area contributed by atoms with Crippen molar-refractivity contribution in [2.45, 2.75) is 32.1 Å². The van der Waals surface area contributed by atoms with Crippen molar-refractivity contribution in [3.63, 3.8) is 0 Å². The number of nitrogens with zero attached hydrogens (tertiary/aromatic N) is 1. The number of carbonyl (C=O) groups excluding carboxylic acids is 1. The third kappa shape index (κ3) is 4.23. The van der Waals surface area contributed by atoms with Gasteiger partial charge in [-0.2, -0.15) is 0 Å². The van der Waals surface area contributed by atoms with Gasteiger partial charge in [0.15, 0.2) is 0 Å². The Hall–Kier alpha value is -1.07. The molecule has 0 radical (unpaired) electrons. The van der Waals surface area contributed by atoms with Gasteiger partial charge in [0.25, 0.3) is 0 Å². The van der Waals surface area contributed by atoms with Gasteiger partial charge < -0.3 is 20.9 Å². The molecule has 22 heavy (non-hydrogen) atoms.